The van der Waals surface area contributed by atoms with Crippen LogP contribution in [0.2, 0.25) is 0 Å². The second kappa shape index (κ2) is 6.31. The molecule has 1 atom stereocenters. The van der Waals surface area contributed by atoms with Gasteiger partial charge in [0, 0.05) is 30.4 Å². The Balaban J connectivity index is 1.61. The predicted molar refractivity (Wildman–Crippen MR) is 97.9 cm³/mol. The summed E-state index contributed by atoms with van der Waals surface area (Å²) in [4.78, 5) is 4.11. The highest BCUT2D eigenvalue weighted by atomic mass is 32.1. The summed E-state index contributed by atoms with van der Waals surface area (Å²) in [6.45, 7) is 5.35. The van der Waals surface area contributed by atoms with E-state index >= 15 is 0 Å². The highest BCUT2D eigenvalue weighted by Crippen LogP contribution is 2.36. The van der Waals surface area contributed by atoms with Gasteiger partial charge >= 0.3 is 0 Å². The maximum atomic E-state index is 2.58. The van der Waals surface area contributed by atoms with E-state index in [0.29, 0.717) is 5.92 Å². The molecule has 1 aliphatic heterocycles. The van der Waals surface area contributed by atoms with Crippen molar-refractivity contribution >= 4 is 11.3 Å². The molecule has 23 heavy (non-hydrogen) atoms. The molecule has 1 aromatic heterocycles. The quantitative estimate of drug-likeness (QED) is 0.641. The normalized spacial score (nSPS) is 17.9. The SMILES string of the molecule is Cc1ccc(CN2Cc3sccc3C(c3ccccc3)C2)cc1. The van der Waals surface area contributed by atoms with Crippen LogP contribution in [-0.4, -0.2) is 11.4 Å². The lowest BCUT2D eigenvalue weighted by atomic mass is 9.88. The van der Waals surface area contributed by atoms with Crippen molar-refractivity contribution in [1.82, 2.24) is 4.90 Å². The van der Waals surface area contributed by atoms with Crippen molar-refractivity contribution < 1.29 is 0 Å². The average Bonchev–Trinajstić information content (AvgIpc) is 3.05. The Hall–Kier alpha value is -1.90. The van der Waals surface area contributed by atoms with Crippen LogP contribution in [0.15, 0.2) is 66.0 Å². The summed E-state index contributed by atoms with van der Waals surface area (Å²) in [5.41, 5.74) is 5.69. The van der Waals surface area contributed by atoms with Crippen LogP contribution in [0.25, 0.3) is 0 Å². The van der Waals surface area contributed by atoms with Crippen LogP contribution >= 0.6 is 11.3 Å². The molecule has 0 fully saturated rings. The Morgan fingerprint density at radius 3 is 2.57 bits per heavy atom. The zero-order chi connectivity index (χ0) is 15.6. The molecule has 0 N–H and O–H groups in total. The number of nitrogens with zero attached hydrogens (tertiary/aromatic N) is 1. The maximum Gasteiger partial charge on any atom is 0.0334 e. The topological polar surface area (TPSA) is 3.24 Å². The summed E-state index contributed by atoms with van der Waals surface area (Å²) in [5, 5.41) is 2.25. The molecule has 3 aromatic rings. The highest BCUT2D eigenvalue weighted by Gasteiger charge is 2.27. The molecule has 2 aromatic carbocycles. The van der Waals surface area contributed by atoms with Gasteiger partial charge in [0.1, 0.15) is 0 Å². The first-order chi connectivity index (χ1) is 11.3. The molecule has 0 saturated heterocycles. The number of aryl methyl sites for hydroxylation is 1. The molecule has 0 bridgehead atoms. The Bertz CT molecular complexity index is 773. The average molecular weight is 319 g/mol. The molecular weight excluding hydrogens is 298 g/mol. The lowest BCUT2D eigenvalue weighted by molar-refractivity contribution is 0.235. The first kappa shape index (κ1) is 14.7. The third-order valence-corrected chi connectivity index (χ3v) is 5.61. The molecule has 0 radical (unpaired) electrons. The summed E-state index contributed by atoms with van der Waals surface area (Å²) in [6, 6.07) is 22.2. The van der Waals surface area contributed by atoms with Gasteiger partial charge in [0.2, 0.25) is 0 Å². The number of thiophene rings is 1. The van der Waals surface area contributed by atoms with E-state index in [0.717, 1.165) is 19.6 Å². The third kappa shape index (κ3) is 3.10. The Kier molecular flexibility index (Phi) is 4.02. The molecule has 2 heterocycles. The standard InChI is InChI=1S/C21H21NS/c1-16-7-9-17(10-8-16)13-22-14-20(18-5-3-2-4-6-18)19-11-12-23-21(19)15-22/h2-12,20H,13-15H2,1H3. The molecule has 1 aliphatic rings. The van der Waals surface area contributed by atoms with Crippen molar-refractivity contribution in [3.05, 3.63) is 93.2 Å². The van der Waals surface area contributed by atoms with E-state index in [-0.39, 0.29) is 0 Å². The zero-order valence-corrected chi connectivity index (χ0v) is 14.2. The van der Waals surface area contributed by atoms with Crippen LogP contribution in [0.4, 0.5) is 0 Å². The Morgan fingerprint density at radius 1 is 1.00 bits per heavy atom. The summed E-state index contributed by atoms with van der Waals surface area (Å²) in [6.07, 6.45) is 0. The molecule has 0 amide bonds. The lowest BCUT2D eigenvalue weighted by Crippen LogP contribution is -2.32. The van der Waals surface area contributed by atoms with Crippen LogP contribution in [0.3, 0.4) is 0 Å². The number of benzene rings is 2. The summed E-state index contributed by atoms with van der Waals surface area (Å²) >= 11 is 1.90. The van der Waals surface area contributed by atoms with Crippen molar-refractivity contribution in [3.8, 4) is 0 Å². The van der Waals surface area contributed by atoms with Gasteiger partial charge in [-0.25, -0.2) is 0 Å². The molecule has 2 heteroatoms. The highest BCUT2D eigenvalue weighted by molar-refractivity contribution is 7.10. The first-order valence-electron chi connectivity index (χ1n) is 8.19. The Morgan fingerprint density at radius 2 is 1.78 bits per heavy atom. The second-order valence-electron chi connectivity index (χ2n) is 6.42. The van der Waals surface area contributed by atoms with E-state index in [2.05, 4.69) is 77.9 Å². The van der Waals surface area contributed by atoms with Gasteiger partial charge in [-0.3, -0.25) is 4.90 Å². The van der Waals surface area contributed by atoms with E-state index < -0.39 is 0 Å². The summed E-state index contributed by atoms with van der Waals surface area (Å²) in [7, 11) is 0. The minimum atomic E-state index is 0.497. The van der Waals surface area contributed by atoms with Crippen molar-refractivity contribution in [2.75, 3.05) is 6.54 Å². The molecule has 0 saturated carbocycles. The fourth-order valence-corrected chi connectivity index (χ4v) is 4.44. The number of rotatable bonds is 3. The van der Waals surface area contributed by atoms with Crippen molar-refractivity contribution in [3.63, 3.8) is 0 Å². The van der Waals surface area contributed by atoms with E-state index in [1.807, 2.05) is 11.3 Å². The van der Waals surface area contributed by atoms with Crippen LogP contribution in [-0.2, 0) is 13.1 Å². The first-order valence-corrected chi connectivity index (χ1v) is 9.06. The van der Waals surface area contributed by atoms with Gasteiger partial charge in [0.25, 0.3) is 0 Å². The van der Waals surface area contributed by atoms with Gasteiger partial charge in [-0.2, -0.15) is 0 Å². The van der Waals surface area contributed by atoms with E-state index in [4.69, 9.17) is 0 Å². The predicted octanol–water partition coefficient (Wildman–Crippen LogP) is 5.20. The molecular formula is C21H21NS. The fraction of sp³-hybridized carbons (Fsp3) is 0.238. The summed E-state index contributed by atoms with van der Waals surface area (Å²) in [5.74, 6) is 0.497. The summed E-state index contributed by atoms with van der Waals surface area (Å²) < 4.78 is 0. The number of fused-ring (bicyclic) bond motifs is 1. The van der Waals surface area contributed by atoms with Crippen LogP contribution in [0.1, 0.15) is 33.0 Å². The maximum absolute atomic E-state index is 2.58. The number of hydrogen-bond donors (Lipinski definition) is 0. The largest absolute Gasteiger partial charge is 0.293 e. The van der Waals surface area contributed by atoms with Crippen LogP contribution in [0.5, 0.6) is 0 Å². The minimum absolute atomic E-state index is 0.497. The van der Waals surface area contributed by atoms with Gasteiger partial charge < -0.3 is 0 Å². The molecule has 116 valence electrons. The van der Waals surface area contributed by atoms with Gasteiger partial charge in [-0.15, -0.1) is 11.3 Å². The second-order valence-corrected chi connectivity index (χ2v) is 7.42. The zero-order valence-electron chi connectivity index (χ0n) is 13.4. The van der Waals surface area contributed by atoms with E-state index in [1.165, 1.54) is 27.1 Å². The third-order valence-electron chi connectivity index (χ3n) is 4.69. The van der Waals surface area contributed by atoms with Gasteiger partial charge in [0.15, 0.2) is 0 Å². The van der Waals surface area contributed by atoms with Gasteiger partial charge in [-0.1, -0.05) is 60.2 Å². The van der Waals surface area contributed by atoms with Gasteiger partial charge in [0.05, 0.1) is 0 Å². The number of hydrogen-bond acceptors (Lipinski definition) is 2. The molecule has 4 rings (SSSR count). The van der Waals surface area contributed by atoms with Crippen LogP contribution in [0, 0.1) is 6.92 Å². The lowest BCUT2D eigenvalue weighted by Gasteiger charge is -2.33. The molecule has 0 aliphatic carbocycles. The van der Waals surface area contributed by atoms with Crippen LogP contribution < -0.4 is 0 Å². The van der Waals surface area contributed by atoms with E-state index in [9.17, 15) is 0 Å². The Labute approximate surface area is 142 Å². The molecule has 0 spiro atoms. The minimum Gasteiger partial charge on any atom is -0.293 e. The molecule has 1 nitrogen and oxygen atoms in total. The molecule has 1 unspecified atom stereocenters. The van der Waals surface area contributed by atoms with Gasteiger partial charge in [-0.05, 0) is 35.1 Å². The van der Waals surface area contributed by atoms with Crippen molar-refractivity contribution in [2.24, 2.45) is 0 Å². The smallest absolute Gasteiger partial charge is 0.0334 e. The van der Waals surface area contributed by atoms with Crippen molar-refractivity contribution in [1.29, 1.82) is 0 Å². The van der Waals surface area contributed by atoms with E-state index in [1.54, 1.807) is 0 Å². The fourth-order valence-electron chi connectivity index (χ4n) is 3.46. The monoisotopic (exact) mass is 319 g/mol. The van der Waals surface area contributed by atoms with Crippen molar-refractivity contribution in [2.45, 2.75) is 25.9 Å².